The summed E-state index contributed by atoms with van der Waals surface area (Å²) in [5.74, 6) is 1.62. The van der Waals surface area contributed by atoms with Gasteiger partial charge in [-0.2, -0.15) is 0 Å². The van der Waals surface area contributed by atoms with Crippen LogP contribution in [0.3, 0.4) is 0 Å². The molecule has 13 heavy (non-hydrogen) atoms. The second-order valence-electron chi connectivity index (χ2n) is 4.33. The minimum atomic E-state index is 0.234. The first-order chi connectivity index (χ1) is 6.29. The van der Waals surface area contributed by atoms with Crippen molar-refractivity contribution in [1.29, 1.82) is 0 Å². The maximum Gasteiger partial charge on any atom is 0.187 e. The van der Waals surface area contributed by atoms with E-state index in [9.17, 15) is 0 Å². The highest BCUT2D eigenvalue weighted by Crippen LogP contribution is 2.40. The molecule has 0 radical (unpaired) electrons. The summed E-state index contributed by atoms with van der Waals surface area (Å²) in [6.07, 6.45) is 6.15. The van der Waals surface area contributed by atoms with E-state index in [4.69, 9.17) is 9.73 Å². The number of nitrogens with zero attached hydrogens (tertiary/aromatic N) is 1. The fourth-order valence-corrected chi connectivity index (χ4v) is 2.19. The number of hydrogen-bond acceptors (Lipinski definition) is 2. The molecule has 2 nitrogen and oxygen atoms in total. The van der Waals surface area contributed by atoms with Gasteiger partial charge in [-0.3, -0.25) is 0 Å². The number of ether oxygens (including phenoxy) is 1. The summed E-state index contributed by atoms with van der Waals surface area (Å²) >= 11 is 0. The Kier molecular flexibility index (Phi) is 2.31. The molecule has 0 aromatic rings. The molecule has 0 amide bonds. The first kappa shape index (κ1) is 9.04. The van der Waals surface area contributed by atoms with Crippen LogP contribution in [0.4, 0.5) is 0 Å². The topological polar surface area (TPSA) is 21.6 Å². The Morgan fingerprint density at radius 2 is 2.08 bits per heavy atom. The van der Waals surface area contributed by atoms with E-state index < -0.39 is 0 Å². The predicted octanol–water partition coefficient (Wildman–Crippen LogP) is 2.77. The smallest absolute Gasteiger partial charge is 0.187 e. The van der Waals surface area contributed by atoms with Gasteiger partial charge in [-0.25, -0.2) is 4.99 Å². The quantitative estimate of drug-likeness (QED) is 0.656. The highest BCUT2D eigenvalue weighted by Gasteiger charge is 2.42. The van der Waals surface area contributed by atoms with Crippen molar-refractivity contribution in [3.05, 3.63) is 0 Å². The van der Waals surface area contributed by atoms with Crippen LogP contribution in [0.5, 0.6) is 0 Å². The summed E-state index contributed by atoms with van der Waals surface area (Å²) < 4.78 is 5.70. The molecule has 0 aromatic heterocycles. The van der Waals surface area contributed by atoms with Gasteiger partial charge in [0, 0.05) is 5.92 Å². The minimum absolute atomic E-state index is 0.234. The van der Waals surface area contributed by atoms with Crippen LogP contribution in [0, 0.1) is 5.92 Å². The summed E-state index contributed by atoms with van der Waals surface area (Å²) in [6.45, 7) is 5.29. The van der Waals surface area contributed by atoms with Crippen LogP contribution in [0.1, 0.15) is 46.0 Å². The van der Waals surface area contributed by atoms with E-state index in [0.29, 0.717) is 5.92 Å². The Balaban J connectivity index is 2.04. The lowest BCUT2D eigenvalue weighted by Crippen LogP contribution is -2.36. The van der Waals surface area contributed by atoms with Gasteiger partial charge in [0.25, 0.3) is 0 Å². The first-order valence-electron chi connectivity index (χ1n) is 5.52. The third kappa shape index (κ3) is 1.47. The van der Waals surface area contributed by atoms with Crippen molar-refractivity contribution in [3.63, 3.8) is 0 Å². The standard InChI is InChI=1S/C11H19NO/c1-3-9(4-2)10-12-11(8-13-10)6-5-7-11/h9H,3-8H2,1-2H3. The van der Waals surface area contributed by atoms with Crippen LogP contribution < -0.4 is 0 Å². The van der Waals surface area contributed by atoms with Gasteiger partial charge < -0.3 is 4.74 Å². The maximum atomic E-state index is 5.70. The summed E-state index contributed by atoms with van der Waals surface area (Å²) in [7, 11) is 0. The zero-order chi connectivity index (χ0) is 9.31. The fraction of sp³-hybridized carbons (Fsp3) is 0.909. The second kappa shape index (κ2) is 3.32. The number of hydrogen-bond donors (Lipinski definition) is 0. The van der Waals surface area contributed by atoms with E-state index in [0.717, 1.165) is 25.3 Å². The van der Waals surface area contributed by atoms with Crippen molar-refractivity contribution in [2.24, 2.45) is 10.9 Å². The van der Waals surface area contributed by atoms with Crippen molar-refractivity contribution in [3.8, 4) is 0 Å². The molecule has 1 spiro atoms. The van der Waals surface area contributed by atoms with Crippen molar-refractivity contribution >= 4 is 5.90 Å². The van der Waals surface area contributed by atoms with E-state index in [1.165, 1.54) is 19.3 Å². The van der Waals surface area contributed by atoms with Crippen LogP contribution in [-0.2, 0) is 4.74 Å². The molecule has 0 bridgehead atoms. The molecule has 0 saturated heterocycles. The van der Waals surface area contributed by atoms with Gasteiger partial charge in [-0.15, -0.1) is 0 Å². The van der Waals surface area contributed by atoms with Crippen LogP contribution in [0.15, 0.2) is 4.99 Å². The van der Waals surface area contributed by atoms with E-state index in [1.54, 1.807) is 0 Å². The van der Waals surface area contributed by atoms with Gasteiger partial charge in [0.2, 0.25) is 0 Å². The first-order valence-corrected chi connectivity index (χ1v) is 5.52. The molecule has 1 aliphatic heterocycles. The fourth-order valence-electron chi connectivity index (χ4n) is 2.19. The monoisotopic (exact) mass is 181 g/mol. The zero-order valence-electron chi connectivity index (χ0n) is 8.68. The van der Waals surface area contributed by atoms with Crippen LogP contribution in [0.2, 0.25) is 0 Å². The van der Waals surface area contributed by atoms with Gasteiger partial charge in [0.05, 0.1) is 5.54 Å². The third-order valence-electron chi connectivity index (χ3n) is 3.46. The molecule has 1 fully saturated rings. The zero-order valence-corrected chi connectivity index (χ0v) is 8.68. The molecule has 0 unspecified atom stereocenters. The van der Waals surface area contributed by atoms with Crippen molar-refractivity contribution < 1.29 is 4.74 Å². The summed E-state index contributed by atoms with van der Waals surface area (Å²) in [4.78, 5) is 4.76. The van der Waals surface area contributed by atoms with Crippen molar-refractivity contribution in [1.82, 2.24) is 0 Å². The second-order valence-corrected chi connectivity index (χ2v) is 4.33. The lowest BCUT2D eigenvalue weighted by molar-refractivity contribution is 0.171. The Morgan fingerprint density at radius 3 is 2.46 bits per heavy atom. The Labute approximate surface area is 80.4 Å². The number of aliphatic imine (C=N–C) groups is 1. The molecular weight excluding hydrogens is 162 g/mol. The van der Waals surface area contributed by atoms with Crippen molar-refractivity contribution in [2.45, 2.75) is 51.5 Å². The van der Waals surface area contributed by atoms with Crippen molar-refractivity contribution in [2.75, 3.05) is 6.61 Å². The Morgan fingerprint density at radius 1 is 1.38 bits per heavy atom. The highest BCUT2D eigenvalue weighted by molar-refractivity contribution is 5.80. The van der Waals surface area contributed by atoms with E-state index in [1.807, 2.05) is 0 Å². The molecule has 2 heteroatoms. The van der Waals surface area contributed by atoms with Crippen LogP contribution in [-0.4, -0.2) is 18.0 Å². The molecule has 1 saturated carbocycles. The average Bonchev–Trinajstić information content (AvgIpc) is 2.51. The molecule has 0 aromatic carbocycles. The summed E-state index contributed by atoms with van der Waals surface area (Å²) in [5.41, 5.74) is 0.234. The van der Waals surface area contributed by atoms with Gasteiger partial charge in [0.1, 0.15) is 6.61 Å². The van der Waals surface area contributed by atoms with Crippen LogP contribution in [0.25, 0.3) is 0 Å². The largest absolute Gasteiger partial charge is 0.478 e. The lowest BCUT2D eigenvalue weighted by atomic mass is 9.78. The number of rotatable bonds is 3. The van der Waals surface area contributed by atoms with E-state index >= 15 is 0 Å². The normalized spacial score (nSPS) is 24.4. The lowest BCUT2D eigenvalue weighted by Gasteiger charge is -2.32. The van der Waals surface area contributed by atoms with Gasteiger partial charge in [-0.1, -0.05) is 13.8 Å². The molecule has 74 valence electrons. The van der Waals surface area contributed by atoms with Crippen LogP contribution >= 0.6 is 0 Å². The summed E-state index contributed by atoms with van der Waals surface area (Å²) in [5, 5.41) is 0. The molecule has 0 N–H and O–H groups in total. The van der Waals surface area contributed by atoms with Gasteiger partial charge >= 0.3 is 0 Å². The highest BCUT2D eigenvalue weighted by atomic mass is 16.5. The molecule has 2 rings (SSSR count). The molecule has 2 aliphatic rings. The maximum absolute atomic E-state index is 5.70. The predicted molar refractivity (Wildman–Crippen MR) is 54.0 cm³/mol. The molecule has 0 atom stereocenters. The SMILES string of the molecule is CCC(CC)C1=NC2(CCC2)CO1. The molecule has 1 aliphatic carbocycles. The minimum Gasteiger partial charge on any atom is -0.478 e. The average molecular weight is 181 g/mol. The van der Waals surface area contributed by atoms with E-state index in [2.05, 4.69) is 13.8 Å². The molecular formula is C11H19NO. The third-order valence-corrected chi connectivity index (χ3v) is 3.46. The Hall–Kier alpha value is -0.530. The van der Waals surface area contributed by atoms with Gasteiger partial charge in [-0.05, 0) is 32.1 Å². The summed E-state index contributed by atoms with van der Waals surface area (Å²) in [6, 6.07) is 0. The van der Waals surface area contributed by atoms with E-state index in [-0.39, 0.29) is 5.54 Å². The Bertz CT molecular complexity index is 214. The van der Waals surface area contributed by atoms with Gasteiger partial charge in [0.15, 0.2) is 5.90 Å². The molecule has 1 heterocycles.